The molecule has 0 saturated heterocycles. The Kier molecular flexibility index (Phi) is 4.94. The van der Waals surface area contributed by atoms with E-state index in [4.69, 9.17) is 15.2 Å². The summed E-state index contributed by atoms with van der Waals surface area (Å²) in [6.45, 7) is 5.51. The van der Waals surface area contributed by atoms with Crippen molar-refractivity contribution >= 4 is 11.6 Å². The molecular weight excluding hydrogens is 263 g/mol. The van der Waals surface area contributed by atoms with E-state index in [1.807, 2.05) is 20.8 Å². The molecule has 1 aromatic carbocycles. The van der Waals surface area contributed by atoms with Crippen molar-refractivity contribution < 1.29 is 18.7 Å². The van der Waals surface area contributed by atoms with E-state index >= 15 is 0 Å². The molecule has 1 aromatic rings. The van der Waals surface area contributed by atoms with E-state index in [-0.39, 0.29) is 11.4 Å². The third-order valence-corrected chi connectivity index (χ3v) is 2.95. The van der Waals surface area contributed by atoms with Crippen LogP contribution in [-0.4, -0.2) is 26.2 Å². The first-order valence-electron chi connectivity index (χ1n) is 6.18. The van der Waals surface area contributed by atoms with Gasteiger partial charge in [0.15, 0.2) is 17.3 Å². The van der Waals surface area contributed by atoms with Gasteiger partial charge in [-0.15, -0.1) is 0 Å². The van der Waals surface area contributed by atoms with Crippen LogP contribution in [0.5, 0.6) is 11.5 Å². The lowest BCUT2D eigenvalue weighted by Crippen LogP contribution is -2.45. The van der Waals surface area contributed by atoms with E-state index in [0.717, 1.165) is 6.07 Å². The number of halogens is 1. The fourth-order valence-corrected chi connectivity index (χ4v) is 1.55. The lowest BCUT2D eigenvalue weighted by atomic mass is 9.87. The number of hydrogen-bond acceptors (Lipinski definition) is 4. The Labute approximate surface area is 118 Å². The number of carbonyl (C=O) groups is 1. The second-order valence-corrected chi connectivity index (χ2v) is 5.52. The number of amides is 1. The van der Waals surface area contributed by atoms with Gasteiger partial charge in [0.05, 0.1) is 25.9 Å². The summed E-state index contributed by atoms with van der Waals surface area (Å²) in [5, 5.41) is 2.47. The molecule has 0 radical (unpaired) electrons. The molecule has 0 bridgehead atoms. The van der Waals surface area contributed by atoms with E-state index in [2.05, 4.69) is 5.32 Å². The topological polar surface area (TPSA) is 73.6 Å². The van der Waals surface area contributed by atoms with E-state index in [1.165, 1.54) is 20.3 Å². The average molecular weight is 284 g/mol. The number of anilines is 1. The molecule has 1 atom stereocenters. The van der Waals surface area contributed by atoms with Gasteiger partial charge in [0, 0.05) is 12.1 Å². The number of hydrogen-bond donors (Lipinski definition) is 2. The summed E-state index contributed by atoms with van der Waals surface area (Å²) in [7, 11) is 2.84. The van der Waals surface area contributed by atoms with Crippen molar-refractivity contribution in [2.75, 3.05) is 19.5 Å². The third kappa shape index (κ3) is 3.60. The molecule has 1 rings (SSSR count). The zero-order chi connectivity index (χ0) is 15.5. The first-order valence-corrected chi connectivity index (χ1v) is 6.18. The predicted octanol–water partition coefficient (Wildman–Crippen LogP) is 2.15. The van der Waals surface area contributed by atoms with Crippen LogP contribution in [0.3, 0.4) is 0 Å². The Hall–Kier alpha value is -1.82. The zero-order valence-electron chi connectivity index (χ0n) is 12.4. The van der Waals surface area contributed by atoms with Crippen molar-refractivity contribution in [2.24, 2.45) is 11.1 Å². The highest BCUT2D eigenvalue weighted by molar-refractivity contribution is 5.95. The van der Waals surface area contributed by atoms with Crippen LogP contribution in [0.15, 0.2) is 12.1 Å². The van der Waals surface area contributed by atoms with Gasteiger partial charge < -0.3 is 20.5 Å². The van der Waals surface area contributed by atoms with Crippen molar-refractivity contribution in [1.82, 2.24) is 0 Å². The minimum atomic E-state index is -0.755. The van der Waals surface area contributed by atoms with Crippen molar-refractivity contribution in [3.8, 4) is 11.5 Å². The van der Waals surface area contributed by atoms with E-state index in [9.17, 15) is 9.18 Å². The van der Waals surface area contributed by atoms with Crippen LogP contribution < -0.4 is 20.5 Å². The minimum Gasteiger partial charge on any atom is -0.493 e. The maximum absolute atomic E-state index is 13.9. The molecule has 0 aliphatic rings. The van der Waals surface area contributed by atoms with Crippen LogP contribution in [-0.2, 0) is 4.79 Å². The lowest BCUT2D eigenvalue weighted by Gasteiger charge is -2.26. The largest absolute Gasteiger partial charge is 0.493 e. The first kappa shape index (κ1) is 16.2. The maximum Gasteiger partial charge on any atom is 0.241 e. The summed E-state index contributed by atoms with van der Waals surface area (Å²) in [5.41, 5.74) is 5.42. The zero-order valence-corrected chi connectivity index (χ0v) is 12.4. The molecule has 0 heterocycles. The lowest BCUT2D eigenvalue weighted by molar-refractivity contribution is -0.119. The van der Waals surface area contributed by atoms with Gasteiger partial charge in [0.25, 0.3) is 0 Å². The van der Waals surface area contributed by atoms with Gasteiger partial charge in [0.1, 0.15) is 0 Å². The molecule has 0 saturated carbocycles. The van der Waals surface area contributed by atoms with Crippen LogP contribution in [0.2, 0.25) is 0 Å². The van der Waals surface area contributed by atoms with Gasteiger partial charge in [-0.25, -0.2) is 4.39 Å². The summed E-state index contributed by atoms with van der Waals surface area (Å²) in [6, 6.07) is 1.76. The van der Waals surface area contributed by atoms with Gasteiger partial charge >= 0.3 is 0 Å². The third-order valence-electron chi connectivity index (χ3n) is 2.95. The standard InChI is InChI=1S/C14H21FN2O3/c1-14(2,3)12(16)13(18)17-9-7-11(20-5)10(19-4)6-8(9)15/h6-7,12H,16H2,1-5H3,(H,17,18)/t12-/m1/s1. The molecule has 0 aliphatic heterocycles. The molecule has 0 fully saturated rings. The Balaban J connectivity index is 3.01. The number of nitrogens with one attached hydrogen (secondary N) is 1. The number of rotatable bonds is 4. The average Bonchev–Trinajstić information content (AvgIpc) is 2.38. The highest BCUT2D eigenvalue weighted by Crippen LogP contribution is 2.32. The van der Waals surface area contributed by atoms with Gasteiger partial charge in [-0.3, -0.25) is 4.79 Å². The van der Waals surface area contributed by atoms with Gasteiger partial charge in [0.2, 0.25) is 5.91 Å². The monoisotopic (exact) mass is 284 g/mol. The van der Waals surface area contributed by atoms with Crippen molar-refractivity contribution in [2.45, 2.75) is 26.8 Å². The first-order chi connectivity index (χ1) is 9.20. The van der Waals surface area contributed by atoms with Gasteiger partial charge in [-0.05, 0) is 5.41 Å². The smallest absolute Gasteiger partial charge is 0.241 e. The Morgan fingerprint density at radius 2 is 1.75 bits per heavy atom. The number of nitrogens with two attached hydrogens (primary N) is 1. The van der Waals surface area contributed by atoms with E-state index in [1.54, 1.807) is 0 Å². The molecule has 0 aliphatic carbocycles. The SMILES string of the molecule is COc1cc(F)c(NC(=O)[C@@H](N)C(C)(C)C)cc1OC. The molecule has 0 unspecified atom stereocenters. The molecule has 3 N–H and O–H groups in total. The van der Waals surface area contributed by atoms with Gasteiger partial charge in [-0.1, -0.05) is 20.8 Å². The fourth-order valence-electron chi connectivity index (χ4n) is 1.55. The van der Waals surface area contributed by atoms with Crippen molar-refractivity contribution in [1.29, 1.82) is 0 Å². The van der Waals surface area contributed by atoms with Crippen LogP contribution >= 0.6 is 0 Å². The van der Waals surface area contributed by atoms with Crippen LogP contribution in [0.1, 0.15) is 20.8 Å². The molecule has 1 amide bonds. The summed E-state index contributed by atoms with van der Waals surface area (Å²) in [6.07, 6.45) is 0. The fraction of sp³-hybridized carbons (Fsp3) is 0.500. The molecule has 5 nitrogen and oxygen atoms in total. The molecular formula is C14H21FN2O3. The molecule has 6 heteroatoms. The van der Waals surface area contributed by atoms with Crippen molar-refractivity contribution in [3.63, 3.8) is 0 Å². The molecule has 20 heavy (non-hydrogen) atoms. The van der Waals surface area contributed by atoms with Crippen molar-refractivity contribution in [3.05, 3.63) is 17.9 Å². The Bertz CT molecular complexity index is 498. The van der Waals surface area contributed by atoms with Crippen LogP contribution in [0.4, 0.5) is 10.1 Å². The summed E-state index contributed by atoms with van der Waals surface area (Å²) in [4.78, 5) is 12.0. The number of carbonyl (C=O) groups excluding carboxylic acids is 1. The Morgan fingerprint density at radius 1 is 1.25 bits per heavy atom. The maximum atomic E-state index is 13.9. The quantitative estimate of drug-likeness (QED) is 0.888. The van der Waals surface area contributed by atoms with Crippen LogP contribution in [0.25, 0.3) is 0 Å². The number of methoxy groups -OCH3 is 2. The normalized spacial score (nSPS) is 12.8. The number of ether oxygens (including phenoxy) is 2. The highest BCUT2D eigenvalue weighted by Gasteiger charge is 2.28. The second-order valence-electron chi connectivity index (χ2n) is 5.52. The Morgan fingerprint density at radius 3 is 2.20 bits per heavy atom. The van der Waals surface area contributed by atoms with Crippen LogP contribution in [0, 0.1) is 11.2 Å². The highest BCUT2D eigenvalue weighted by atomic mass is 19.1. The molecule has 0 aromatic heterocycles. The molecule has 112 valence electrons. The summed E-state index contributed by atoms with van der Waals surface area (Å²) < 4.78 is 23.9. The van der Waals surface area contributed by atoms with E-state index < -0.39 is 23.2 Å². The van der Waals surface area contributed by atoms with E-state index in [0.29, 0.717) is 5.75 Å². The second kappa shape index (κ2) is 6.09. The molecule has 0 spiro atoms. The predicted molar refractivity (Wildman–Crippen MR) is 75.6 cm³/mol. The number of benzene rings is 1. The summed E-state index contributed by atoms with van der Waals surface area (Å²) in [5.74, 6) is -0.489. The van der Waals surface area contributed by atoms with Gasteiger partial charge in [-0.2, -0.15) is 0 Å². The summed E-state index contributed by atoms with van der Waals surface area (Å²) >= 11 is 0. The minimum absolute atomic E-state index is 0.00681.